The van der Waals surface area contributed by atoms with E-state index in [0.717, 1.165) is 6.54 Å². The normalized spacial score (nSPS) is 10.5. The minimum atomic E-state index is -0.291. The number of nitrogens with zero attached hydrogens (tertiary/aromatic N) is 2. The van der Waals surface area contributed by atoms with Crippen molar-refractivity contribution in [1.82, 2.24) is 9.97 Å². The summed E-state index contributed by atoms with van der Waals surface area (Å²) < 4.78 is 5.53. The second-order valence-electron chi connectivity index (χ2n) is 5.84. The first kappa shape index (κ1) is 17.7. The van der Waals surface area contributed by atoms with Crippen LogP contribution in [-0.2, 0) is 0 Å². The van der Waals surface area contributed by atoms with E-state index in [0.29, 0.717) is 41.3 Å². The summed E-state index contributed by atoms with van der Waals surface area (Å²) in [5, 5.41) is 6.07. The Morgan fingerprint density at radius 1 is 1.25 bits per heavy atom. The number of benzene rings is 1. The Labute approximate surface area is 142 Å². The van der Waals surface area contributed by atoms with E-state index in [4.69, 9.17) is 4.74 Å². The fraction of sp³-hybridized carbons (Fsp3) is 0.389. The van der Waals surface area contributed by atoms with Crippen LogP contribution in [-0.4, -0.2) is 29.0 Å². The molecule has 2 aromatic rings. The third-order valence-corrected chi connectivity index (χ3v) is 3.20. The molecule has 1 heterocycles. The summed E-state index contributed by atoms with van der Waals surface area (Å²) in [6.45, 7) is 9.21. The van der Waals surface area contributed by atoms with Gasteiger partial charge >= 0.3 is 0 Å². The molecular weight excluding hydrogens is 304 g/mol. The summed E-state index contributed by atoms with van der Waals surface area (Å²) in [6, 6.07) is 8.99. The standard InChI is InChI=1S/C18H24N4O2/c1-5-24-16-9-7-6-8-14(16)22-18(23)15-10-17(19-11-12(2)3)21-13(4)20-15/h6-10,12H,5,11H2,1-4H3,(H,22,23)(H,19,20,21). The van der Waals surface area contributed by atoms with Crippen LogP contribution in [0.1, 0.15) is 37.1 Å². The maximum atomic E-state index is 12.5. The van der Waals surface area contributed by atoms with Crippen LogP contribution in [0.25, 0.3) is 0 Å². The van der Waals surface area contributed by atoms with Crippen molar-refractivity contribution in [3.05, 3.63) is 41.9 Å². The SMILES string of the molecule is CCOc1ccccc1NC(=O)c1cc(NCC(C)C)nc(C)n1. The molecule has 0 unspecified atom stereocenters. The average molecular weight is 328 g/mol. The van der Waals surface area contributed by atoms with Gasteiger partial charge in [0.05, 0.1) is 12.3 Å². The van der Waals surface area contributed by atoms with Crippen LogP contribution in [0.15, 0.2) is 30.3 Å². The van der Waals surface area contributed by atoms with Gasteiger partial charge in [-0.2, -0.15) is 0 Å². The first-order chi connectivity index (χ1) is 11.5. The number of amides is 1. The van der Waals surface area contributed by atoms with Crippen LogP contribution in [0.4, 0.5) is 11.5 Å². The van der Waals surface area contributed by atoms with Crippen molar-refractivity contribution in [2.45, 2.75) is 27.7 Å². The molecule has 0 radical (unpaired) electrons. The van der Waals surface area contributed by atoms with Crippen LogP contribution < -0.4 is 15.4 Å². The molecule has 0 aliphatic heterocycles. The van der Waals surface area contributed by atoms with Gasteiger partial charge in [0.25, 0.3) is 5.91 Å². The van der Waals surface area contributed by atoms with Crippen molar-refractivity contribution in [3.8, 4) is 5.75 Å². The fourth-order valence-corrected chi connectivity index (χ4v) is 2.12. The molecule has 0 spiro atoms. The van der Waals surface area contributed by atoms with Crippen LogP contribution in [0.5, 0.6) is 5.75 Å². The summed E-state index contributed by atoms with van der Waals surface area (Å²) in [5.74, 6) is 2.03. The molecule has 0 fully saturated rings. The van der Waals surface area contributed by atoms with E-state index in [2.05, 4.69) is 34.4 Å². The zero-order chi connectivity index (χ0) is 17.5. The van der Waals surface area contributed by atoms with Gasteiger partial charge < -0.3 is 15.4 Å². The van der Waals surface area contributed by atoms with E-state index in [1.807, 2.05) is 25.1 Å². The lowest BCUT2D eigenvalue weighted by atomic mass is 10.2. The van der Waals surface area contributed by atoms with Gasteiger partial charge in [0.2, 0.25) is 0 Å². The van der Waals surface area contributed by atoms with Crippen molar-refractivity contribution in [1.29, 1.82) is 0 Å². The van der Waals surface area contributed by atoms with Crippen molar-refractivity contribution < 1.29 is 9.53 Å². The van der Waals surface area contributed by atoms with Crippen LogP contribution >= 0.6 is 0 Å². The molecule has 6 heteroatoms. The minimum Gasteiger partial charge on any atom is -0.492 e. The van der Waals surface area contributed by atoms with Gasteiger partial charge in [-0.3, -0.25) is 4.79 Å². The lowest BCUT2D eigenvalue weighted by Crippen LogP contribution is -2.17. The summed E-state index contributed by atoms with van der Waals surface area (Å²) in [5.41, 5.74) is 0.942. The Kier molecular flexibility index (Phi) is 6.12. The maximum Gasteiger partial charge on any atom is 0.274 e. The first-order valence-corrected chi connectivity index (χ1v) is 8.12. The molecule has 0 bridgehead atoms. The van der Waals surface area contributed by atoms with Gasteiger partial charge in [0.1, 0.15) is 23.1 Å². The smallest absolute Gasteiger partial charge is 0.274 e. The van der Waals surface area contributed by atoms with Crippen molar-refractivity contribution >= 4 is 17.4 Å². The van der Waals surface area contributed by atoms with Crippen LogP contribution in [0, 0.1) is 12.8 Å². The summed E-state index contributed by atoms with van der Waals surface area (Å²) in [4.78, 5) is 21.1. The first-order valence-electron chi connectivity index (χ1n) is 8.12. The number of anilines is 2. The molecule has 0 saturated heterocycles. The molecular formula is C18H24N4O2. The number of rotatable bonds is 7. The third kappa shape index (κ3) is 4.94. The Morgan fingerprint density at radius 2 is 2.00 bits per heavy atom. The molecule has 0 aliphatic carbocycles. The number of ether oxygens (including phenoxy) is 1. The van der Waals surface area contributed by atoms with E-state index >= 15 is 0 Å². The Morgan fingerprint density at radius 3 is 2.71 bits per heavy atom. The van der Waals surface area contributed by atoms with E-state index in [-0.39, 0.29) is 5.91 Å². The van der Waals surface area contributed by atoms with Gasteiger partial charge in [-0.05, 0) is 31.9 Å². The van der Waals surface area contributed by atoms with E-state index in [1.54, 1.807) is 19.1 Å². The van der Waals surface area contributed by atoms with E-state index in [1.165, 1.54) is 0 Å². The molecule has 1 aromatic carbocycles. The predicted molar refractivity (Wildman–Crippen MR) is 95.7 cm³/mol. The van der Waals surface area contributed by atoms with E-state index in [9.17, 15) is 4.79 Å². The molecule has 6 nitrogen and oxygen atoms in total. The molecule has 0 saturated carbocycles. The minimum absolute atomic E-state index is 0.291. The zero-order valence-corrected chi connectivity index (χ0v) is 14.6. The van der Waals surface area contributed by atoms with Crippen molar-refractivity contribution in [3.63, 3.8) is 0 Å². The summed E-state index contributed by atoms with van der Waals surface area (Å²) in [7, 11) is 0. The molecule has 1 amide bonds. The fourth-order valence-electron chi connectivity index (χ4n) is 2.12. The maximum absolute atomic E-state index is 12.5. The number of aromatic nitrogens is 2. The topological polar surface area (TPSA) is 76.1 Å². The van der Waals surface area contributed by atoms with Gasteiger partial charge in [0, 0.05) is 12.6 Å². The number of para-hydroxylation sites is 2. The number of aryl methyl sites for hydroxylation is 1. The average Bonchev–Trinajstić information content (AvgIpc) is 2.54. The zero-order valence-electron chi connectivity index (χ0n) is 14.6. The lowest BCUT2D eigenvalue weighted by molar-refractivity contribution is 0.102. The largest absolute Gasteiger partial charge is 0.492 e. The van der Waals surface area contributed by atoms with Crippen LogP contribution in [0.2, 0.25) is 0 Å². The summed E-state index contributed by atoms with van der Waals surface area (Å²) >= 11 is 0. The number of carbonyl (C=O) groups is 1. The second-order valence-corrected chi connectivity index (χ2v) is 5.84. The van der Waals surface area contributed by atoms with Crippen molar-refractivity contribution in [2.24, 2.45) is 5.92 Å². The molecule has 1 aromatic heterocycles. The number of nitrogens with one attached hydrogen (secondary N) is 2. The number of hydrogen-bond donors (Lipinski definition) is 2. The predicted octanol–water partition coefficient (Wildman–Crippen LogP) is 3.50. The Bertz CT molecular complexity index is 701. The number of hydrogen-bond acceptors (Lipinski definition) is 5. The lowest BCUT2D eigenvalue weighted by Gasteiger charge is -2.12. The monoisotopic (exact) mass is 328 g/mol. The highest BCUT2D eigenvalue weighted by molar-refractivity contribution is 6.04. The molecule has 2 rings (SSSR count). The Hall–Kier alpha value is -2.63. The van der Waals surface area contributed by atoms with Gasteiger partial charge in [-0.1, -0.05) is 26.0 Å². The van der Waals surface area contributed by atoms with E-state index < -0.39 is 0 Å². The molecule has 2 N–H and O–H groups in total. The molecule has 128 valence electrons. The Balaban J connectivity index is 2.18. The highest BCUT2D eigenvalue weighted by atomic mass is 16.5. The molecule has 0 aliphatic rings. The number of carbonyl (C=O) groups excluding carboxylic acids is 1. The highest BCUT2D eigenvalue weighted by Gasteiger charge is 2.13. The second kappa shape index (κ2) is 8.29. The quantitative estimate of drug-likeness (QED) is 0.813. The molecule has 24 heavy (non-hydrogen) atoms. The van der Waals surface area contributed by atoms with Crippen molar-refractivity contribution in [2.75, 3.05) is 23.8 Å². The van der Waals surface area contributed by atoms with Gasteiger partial charge in [0.15, 0.2) is 0 Å². The highest BCUT2D eigenvalue weighted by Crippen LogP contribution is 2.24. The summed E-state index contributed by atoms with van der Waals surface area (Å²) in [6.07, 6.45) is 0. The van der Waals surface area contributed by atoms with Gasteiger partial charge in [-0.15, -0.1) is 0 Å². The van der Waals surface area contributed by atoms with Gasteiger partial charge in [-0.25, -0.2) is 9.97 Å². The molecule has 0 atom stereocenters. The van der Waals surface area contributed by atoms with Crippen LogP contribution in [0.3, 0.4) is 0 Å². The third-order valence-electron chi connectivity index (χ3n) is 3.20.